The molecule has 0 saturated carbocycles. The lowest BCUT2D eigenvalue weighted by molar-refractivity contribution is -0.144. The molecule has 7 heteroatoms. The van der Waals surface area contributed by atoms with Crippen LogP contribution in [0.1, 0.15) is 25.8 Å². The third-order valence-electron chi connectivity index (χ3n) is 3.31. The lowest BCUT2D eigenvalue weighted by Gasteiger charge is -2.22. The molecule has 0 heterocycles. The fourth-order valence-corrected chi connectivity index (χ4v) is 2.14. The van der Waals surface area contributed by atoms with Crippen LogP contribution in [0.2, 0.25) is 0 Å². The predicted octanol–water partition coefficient (Wildman–Crippen LogP) is 0.955. The van der Waals surface area contributed by atoms with Crippen molar-refractivity contribution >= 4 is 24.3 Å². The fourth-order valence-electron chi connectivity index (χ4n) is 2.14. The molecule has 0 radical (unpaired) electrons. The van der Waals surface area contributed by atoms with Crippen molar-refractivity contribution in [1.82, 2.24) is 5.32 Å². The number of amides is 1. The van der Waals surface area contributed by atoms with Gasteiger partial charge in [0.25, 0.3) is 5.91 Å². The molecular formula is C16H25ClN2O4. The van der Waals surface area contributed by atoms with Gasteiger partial charge in [0, 0.05) is 6.04 Å². The highest BCUT2D eigenvalue weighted by Gasteiger charge is 2.28. The molecule has 0 spiro atoms. The minimum atomic E-state index is -1.45. The highest BCUT2D eigenvalue weighted by Crippen LogP contribution is 2.08. The van der Waals surface area contributed by atoms with Crippen LogP contribution in [0.3, 0.4) is 0 Å². The first kappa shape index (κ1) is 21.4. The second kappa shape index (κ2) is 10.2. The summed E-state index contributed by atoms with van der Waals surface area (Å²) in [5, 5.41) is 21.4. The smallest absolute Gasteiger partial charge is 0.326 e. The first-order valence-corrected chi connectivity index (χ1v) is 7.32. The SMILES string of the molecule is CC(C)C[C@@H](NC(=O)[C@H](O)[C@@H](N)Cc1ccccc1)C(=O)O.Cl. The summed E-state index contributed by atoms with van der Waals surface area (Å²) in [6.45, 7) is 3.72. The van der Waals surface area contributed by atoms with Gasteiger partial charge in [-0.1, -0.05) is 44.2 Å². The summed E-state index contributed by atoms with van der Waals surface area (Å²) in [7, 11) is 0. The van der Waals surface area contributed by atoms with Crippen LogP contribution in [0, 0.1) is 5.92 Å². The zero-order chi connectivity index (χ0) is 16.7. The zero-order valence-electron chi connectivity index (χ0n) is 13.3. The number of carbonyl (C=O) groups excluding carboxylic acids is 1. The molecular weight excluding hydrogens is 320 g/mol. The maximum absolute atomic E-state index is 12.0. The van der Waals surface area contributed by atoms with E-state index in [-0.39, 0.29) is 18.3 Å². The molecule has 6 nitrogen and oxygen atoms in total. The number of aliphatic hydroxyl groups is 1. The largest absolute Gasteiger partial charge is 0.480 e. The van der Waals surface area contributed by atoms with Gasteiger partial charge in [-0.15, -0.1) is 12.4 Å². The number of halogens is 1. The molecule has 1 aromatic carbocycles. The number of carboxylic acid groups (broad SMARTS) is 1. The Hall–Kier alpha value is -1.63. The Morgan fingerprint density at radius 3 is 2.26 bits per heavy atom. The van der Waals surface area contributed by atoms with E-state index in [1.807, 2.05) is 44.2 Å². The highest BCUT2D eigenvalue weighted by molar-refractivity contribution is 5.86. The third kappa shape index (κ3) is 7.45. The molecule has 0 saturated heterocycles. The topological polar surface area (TPSA) is 113 Å². The average Bonchev–Trinajstić information content (AvgIpc) is 2.46. The predicted molar refractivity (Wildman–Crippen MR) is 90.4 cm³/mol. The van der Waals surface area contributed by atoms with Gasteiger partial charge in [-0.25, -0.2) is 4.79 Å². The van der Waals surface area contributed by atoms with Crippen LogP contribution in [0.15, 0.2) is 30.3 Å². The molecule has 0 bridgehead atoms. The van der Waals surface area contributed by atoms with Gasteiger partial charge in [0.05, 0.1) is 0 Å². The van der Waals surface area contributed by atoms with Crippen LogP contribution in [0.5, 0.6) is 0 Å². The summed E-state index contributed by atoms with van der Waals surface area (Å²) in [4.78, 5) is 23.1. The van der Waals surface area contributed by atoms with E-state index in [2.05, 4.69) is 5.32 Å². The molecule has 1 rings (SSSR count). The molecule has 1 aromatic rings. The first-order valence-electron chi connectivity index (χ1n) is 7.32. The standard InChI is InChI=1S/C16H24N2O4.ClH/c1-10(2)8-13(16(21)22)18-15(20)14(19)12(17)9-11-6-4-3-5-7-11;/h3-7,10,12-14,19H,8-9,17H2,1-2H3,(H,18,20)(H,21,22);1H/t12-,13+,14+;/m0./s1. The number of carbonyl (C=O) groups is 2. The third-order valence-corrected chi connectivity index (χ3v) is 3.31. The van der Waals surface area contributed by atoms with Crippen molar-refractivity contribution in [3.05, 3.63) is 35.9 Å². The average molecular weight is 345 g/mol. The summed E-state index contributed by atoms with van der Waals surface area (Å²) in [5.41, 5.74) is 6.75. The Kier molecular flexibility index (Phi) is 9.48. The van der Waals surface area contributed by atoms with E-state index in [1.165, 1.54) is 0 Å². The quantitative estimate of drug-likeness (QED) is 0.561. The Morgan fingerprint density at radius 1 is 1.22 bits per heavy atom. The number of benzene rings is 1. The molecule has 5 N–H and O–H groups in total. The molecule has 130 valence electrons. The highest BCUT2D eigenvalue weighted by atomic mass is 35.5. The van der Waals surface area contributed by atoms with Gasteiger partial charge < -0.3 is 21.3 Å². The zero-order valence-corrected chi connectivity index (χ0v) is 14.1. The Bertz CT molecular complexity index is 496. The monoisotopic (exact) mass is 344 g/mol. The van der Waals surface area contributed by atoms with Crippen molar-refractivity contribution in [3.63, 3.8) is 0 Å². The van der Waals surface area contributed by atoms with Gasteiger partial charge in [-0.05, 0) is 24.3 Å². The van der Waals surface area contributed by atoms with Gasteiger partial charge in [-0.2, -0.15) is 0 Å². The van der Waals surface area contributed by atoms with Gasteiger partial charge in [-0.3, -0.25) is 4.79 Å². The van der Waals surface area contributed by atoms with Gasteiger partial charge in [0.15, 0.2) is 0 Å². The Morgan fingerprint density at radius 2 is 1.78 bits per heavy atom. The summed E-state index contributed by atoms with van der Waals surface area (Å²) in [6, 6.07) is 7.44. The van der Waals surface area contributed by atoms with Crippen molar-refractivity contribution in [2.24, 2.45) is 11.7 Å². The van der Waals surface area contributed by atoms with E-state index in [0.29, 0.717) is 12.8 Å². The maximum atomic E-state index is 12.0. The van der Waals surface area contributed by atoms with Crippen molar-refractivity contribution in [3.8, 4) is 0 Å². The molecule has 0 fully saturated rings. The number of hydrogen-bond donors (Lipinski definition) is 4. The van der Waals surface area contributed by atoms with Crippen molar-refractivity contribution in [2.45, 2.75) is 44.9 Å². The second-order valence-electron chi connectivity index (χ2n) is 5.83. The molecule has 0 aliphatic carbocycles. The summed E-state index contributed by atoms with van der Waals surface area (Å²) >= 11 is 0. The van der Waals surface area contributed by atoms with Crippen LogP contribution in [-0.4, -0.2) is 40.3 Å². The van der Waals surface area contributed by atoms with Gasteiger partial charge in [0.2, 0.25) is 0 Å². The number of nitrogens with one attached hydrogen (secondary N) is 1. The fraction of sp³-hybridized carbons (Fsp3) is 0.500. The minimum Gasteiger partial charge on any atom is -0.480 e. The lowest BCUT2D eigenvalue weighted by atomic mass is 10.00. The van der Waals surface area contributed by atoms with Crippen molar-refractivity contribution < 1.29 is 19.8 Å². The van der Waals surface area contributed by atoms with Crippen LogP contribution in [0.4, 0.5) is 0 Å². The van der Waals surface area contributed by atoms with E-state index in [4.69, 9.17) is 10.8 Å². The van der Waals surface area contributed by atoms with E-state index in [1.54, 1.807) is 0 Å². The Balaban J connectivity index is 0.00000484. The number of rotatable bonds is 8. The van der Waals surface area contributed by atoms with Crippen LogP contribution in [0.25, 0.3) is 0 Å². The van der Waals surface area contributed by atoms with E-state index in [9.17, 15) is 14.7 Å². The number of aliphatic hydroxyl groups excluding tert-OH is 1. The molecule has 23 heavy (non-hydrogen) atoms. The number of carboxylic acids is 1. The van der Waals surface area contributed by atoms with Crippen molar-refractivity contribution in [1.29, 1.82) is 0 Å². The molecule has 0 aliphatic rings. The van der Waals surface area contributed by atoms with E-state index < -0.39 is 30.1 Å². The Labute approximate surface area is 142 Å². The van der Waals surface area contributed by atoms with Crippen molar-refractivity contribution in [2.75, 3.05) is 0 Å². The number of aliphatic carboxylic acids is 1. The first-order chi connectivity index (χ1) is 10.3. The van der Waals surface area contributed by atoms with Gasteiger partial charge >= 0.3 is 5.97 Å². The van der Waals surface area contributed by atoms with Gasteiger partial charge in [0.1, 0.15) is 12.1 Å². The number of nitrogens with two attached hydrogens (primary N) is 1. The second-order valence-corrected chi connectivity index (χ2v) is 5.83. The summed E-state index contributed by atoms with van der Waals surface area (Å²) in [6.07, 6.45) is -0.826. The molecule has 0 aliphatic heterocycles. The minimum absolute atomic E-state index is 0. The van der Waals surface area contributed by atoms with E-state index in [0.717, 1.165) is 5.56 Å². The summed E-state index contributed by atoms with van der Waals surface area (Å²) in [5.74, 6) is -1.76. The molecule has 3 atom stereocenters. The maximum Gasteiger partial charge on any atom is 0.326 e. The van der Waals surface area contributed by atoms with Crippen LogP contribution < -0.4 is 11.1 Å². The van der Waals surface area contributed by atoms with E-state index >= 15 is 0 Å². The van der Waals surface area contributed by atoms with Crippen LogP contribution >= 0.6 is 12.4 Å². The lowest BCUT2D eigenvalue weighted by Crippen LogP contribution is -2.52. The normalized spacial score (nSPS) is 14.5. The van der Waals surface area contributed by atoms with Crippen LogP contribution in [-0.2, 0) is 16.0 Å². The molecule has 0 aromatic heterocycles. The summed E-state index contributed by atoms with van der Waals surface area (Å²) < 4.78 is 0. The molecule has 0 unspecified atom stereocenters. The molecule has 1 amide bonds. The number of hydrogen-bond acceptors (Lipinski definition) is 4.